The number of carbonyl (C=O) groups excluding carboxylic acids is 1. The first-order valence-electron chi connectivity index (χ1n) is 7.50. The first kappa shape index (κ1) is 18.3. The molecule has 0 unspecified atom stereocenters. The van der Waals surface area contributed by atoms with Crippen molar-refractivity contribution >= 4 is 34.8 Å². The largest absolute Gasteiger partial charge is 0.491 e. The molecule has 0 aliphatic heterocycles. The third-order valence-electron chi connectivity index (χ3n) is 3.20. The summed E-state index contributed by atoms with van der Waals surface area (Å²) in [7, 11) is 0. The number of nitrogens with zero attached hydrogens (tertiary/aromatic N) is 1. The van der Waals surface area contributed by atoms with Crippen molar-refractivity contribution in [2.24, 2.45) is 5.10 Å². The van der Waals surface area contributed by atoms with Gasteiger partial charge in [0.1, 0.15) is 0 Å². The van der Waals surface area contributed by atoms with Crippen LogP contribution in [0, 0.1) is 0 Å². The lowest BCUT2D eigenvalue weighted by Crippen LogP contribution is -2.19. The zero-order valence-corrected chi connectivity index (χ0v) is 15.0. The van der Waals surface area contributed by atoms with E-state index in [9.17, 15) is 4.79 Å². The van der Waals surface area contributed by atoms with Gasteiger partial charge in [-0.05, 0) is 31.5 Å². The molecule has 0 heterocycles. The van der Waals surface area contributed by atoms with Crippen molar-refractivity contribution in [1.29, 1.82) is 0 Å². The van der Waals surface area contributed by atoms with E-state index in [-0.39, 0.29) is 5.91 Å². The molecule has 2 rings (SSSR count). The molecule has 0 atom stereocenters. The Morgan fingerprint density at radius 2 is 1.79 bits per heavy atom. The molecule has 1 amide bonds. The van der Waals surface area contributed by atoms with Crippen molar-refractivity contribution in [2.45, 2.75) is 20.3 Å². The Morgan fingerprint density at radius 1 is 1.17 bits per heavy atom. The third kappa shape index (κ3) is 4.98. The van der Waals surface area contributed by atoms with Crippen LogP contribution >= 0.6 is 23.2 Å². The highest BCUT2D eigenvalue weighted by Crippen LogP contribution is 2.34. The molecule has 1 N–H and O–H groups in total. The van der Waals surface area contributed by atoms with Gasteiger partial charge in [0.15, 0.2) is 5.75 Å². The summed E-state index contributed by atoms with van der Waals surface area (Å²) in [5.74, 6) is -0.00426. The number of hydrogen-bond donors (Lipinski definition) is 1. The van der Waals surface area contributed by atoms with Gasteiger partial charge in [-0.2, -0.15) is 5.10 Å². The van der Waals surface area contributed by atoms with Crippen molar-refractivity contribution in [1.82, 2.24) is 5.43 Å². The average Bonchev–Trinajstić information content (AvgIpc) is 2.56. The van der Waals surface area contributed by atoms with Crippen LogP contribution in [-0.2, 0) is 6.42 Å². The molecule has 24 heavy (non-hydrogen) atoms. The minimum Gasteiger partial charge on any atom is -0.491 e. The fourth-order valence-electron chi connectivity index (χ4n) is 2.11. The highest BCUT2D eigenvalue weighted by molar-refractivity contribution is 6.37. The lowest BCUT2D eigenvalue weighted by Gasteiger charge is -2.10. The number of ether oxygens (including phenoxy) is 1. The lowest BCUT2D eigenvalue weighted by atomic mass is 10.1. The Balaban J connectivity index is 2.05. The number of rotatable bonds is 6. The summed E-state index contributed by atoms with van der Waals surface area (Å²) in [6, 6.07) is 12.9. The summed E-state index contributed by atoms with van der Waals surface area (Å²) in [6.45, 7) is 4.12. The van der Waals surface area contributed by atoms with Crippen LogP contribution in [0.15, 0.2) is 47.6 Å². The minimum atomic E-state index is -0.380. The van der Waals surface area contributed by atoms with E-state index in [4.69, 9.17) is 27.9 Å². The molecule has 0 aromatic heterocycles. The van der Waals surface area contributed by atoms with Gasteiger partial charge < -0.3 is 4.74 Å². The maximum atomic E-state index is 12.2. The van der Waals surface area contributed by atoms with E-state index in [0.29, 0.717) is 34.4 Å². The molecule has 4 nitrogen and oxygen atoms in total. The van der Waals surface area contributed by atoms with E-state index >= 15 is 0 Å². The van der Waals surface area contributed by atoms with Gasteiger partial charge in [-0.25, -0.2) is 5.43 Å². The fraction of sp³-hybridized carbons (Fsp3) is 0.222. The SMILES string of the molecule is CCOc1c(Cl)cc(C(=O)N/N=C(\C)Cc2ccccc2)cc1Cl. The summed E-state index contributed by atoms with van der Waals surface area (Å²) < 4.78 is 5.34. The number of benzene rings is 2. The van der Waals surface area contributed by atoms with E-state index < -0.39 is 0 Å². The Bertz CT molecular complexity index is 723. The van der Waals surface area contributed by atoms with Crippen LogP contribution in [0.1, 0.15) is 29.8 Å². The topological polar surface area (TPSA) is 50.7 Å². The second-order valence-corrected chi connectivity index (χ2v) is 5.97. The van der Waals surface area contributed by atoms with Crippen LogP contribution in [0.2, 0.25) is 10.0 Å². The Kier molecular flexibility index (Phi) is 6.64. The maximum Gasteiger partial charge on any atom is 0.271 e. The molecule has 2 aromatic carbocycles. The van der Waals surface area contributed by atoms with Gasteiger partial charge in [0, 0.05) is 17.7 Å². The molecule has 0 radical (unpaired) electrons. The highest BCUT2D eigenvalue weighted by atomic mass is 35.5. The first-order valence-corrected chi connectivity index (χ1v) is 8.26. The number of hydrogen-bond acceptors (Lipinski definition) is 3. The molecule has 0 aliphatic rings. The molecule has 6 heteroatoms. The molecule has 2 aromatic rings. The molecule has 0 fully saturated rings. The predicted octanol–water partition coefficient (Wildman–Crippen LogP) is 4.74. The standard InChI is InChI=1S/C18H18Cl2N2O2/c1-3-24-17-15(19)10-14(11-16(17)20)18(23)22-21-12(2)9-13-7-5-4-6-8-13/h4-8,10-11H,3,9H2,1-2H3,(H,22,23)/b21-12+. The number of halogens is 2. The van der Waals surface area contributed by atoms with Gasteiger partial charge in [0.25, 0.3) is 5.91 Å². The molecular formula is C18H18Cl2N2O2. The van der Waals surface area contributed by atoms with Crippen molar-refractivity contribution in [2.75, 3.05) is 6.61 Å². The normalized spacial score (nSPS) is 11.2. The van der Waals surface area contributed by atoms with Crippen LogP contribution < -0.4 is 10.2 Å². The van der Waals surface area contributed by atoms with Crippen molar-refractivity contribution in [3.05, 3.63) is 63.6 Å². The maximum absolute atomic E-state index is 12.2. The average molecular weight is 365 g/mol. The Morgan fingerprint density at radius 3 is 2.38 bits per heavy atom. The summed E-state index contributed by atoms with van der Waals surface area (Å²) in [5, 5.41) is 4.70. The summed E-state index contributed by atoms with van der Waals surface area (Å²) >= 11 is 12.2. The van der Waals surface area contributed by atoms with Crippen LogP contribution in [0.5, 0.6) is 5.75 Å². The summed E-state index contributed by atoms with van der Waals surface area (Å²) in [4.78, 5) is 12.2. The number of nitrogens with one attached hydrogen (secondary N) is 1. The van der Waals surface area contributed by atoms with Gasteiger partial charge in [-0.1, -0.05) is 53.5 Å². The molecule has 0 spiro atoms. The molecule has 0 saturated heterocycles. The number of carbonyl (C=O) groups is 1. The van der Waals surface area contributed by atoms with Crippen LogP contribution in [0.4, 0.5) is 0 Å². The quantitative estimate of drug-likeness (QED) is 0.594. The van der Waals surface area contributed by atoms with Crippen LogP contribution in [0.3, 0.4) is 0 Å². The van der Waals surface area contributed by atoms with Gasteiger partial charge in [0.2, 0.25) is 0 Å². The summed E-state index contributed by atoms with van der Waals surface area (Å²) in [5.41, 5.74) is 4.75. The number of amides is 1. The third-order valence-corrected chi connectivity index (χ3v) is 3.76. The van der Waals surface area contributed by atoms with Gasteiger partial charge in [0.05, 0.1) is 16.7 Å². The minimum absolute atomic E-state index is 0.291. The van der Waals surface area contributed by atoms with E-state index in [1.165, 1.54) is 12.1 Å². The van der Waals surface area contributed by atoms with Crippen LogP contribution in [0.25, 0.3) is 0 Å². The summed E-state index contributed by atoms with van der Waals surface area (Å²) in [6.07, 6.45) is 0.659. The second kappa shape index (κ2) is 8.71. The fourth-order valence-corrected chi connectivity index (χ4v) is 2.71. The Labute approximate surface area is 151 Å². The first-order chi connectivity index (χ1) is 11.5. The zero-order valence-electron chi connectivity index (χ0n) is 13.5. The van der Waals surface area contributed by atoms with E-state index in [1.807, 2.05) is 44.2 Å². The van der Waals surface area contributed by atoms with Crippen molar-refractivity contribution in [3.63, 3.8) is 0 Å². The molecule has 0 aliphatic carbocycles. The van der Waals surface area contributed by atoms with Gasteiger partial charge in [-0.3, -0.25) is 4.79 Å². The van der Waals surface area contributed by atoms with Gasteiger partial charge >= 0.3 is 0 Å². The molecule has 0 saturated carbocycles. The zero-order chi connectivity index (χ0) is 17.5. The molecule has 126 valence electrons. The van der Waals surface area contributed by atoms with Crippen LogP contribution in [-0.4, -0.2) is 18.2 Å². The van der Waals surface area contributed by atoms with E-state index in [1.54, 1.807) is 0 Å². The smallest absolute Gasteiger partial charge is 0.271 e. The van der Waals surface area contributed by atoms with E-state index in [0.717, 1.165) is 11.3 Å². The second-order valence-electron chi connectivity index (χ2n) is 5.15. The Hall–Kier alpha value is -2.04. The van der Waals surface area contributed by atoms with Crippen molar-refractivity contribution < 1.29 is 9.53 Å². The monoisotopic (exact) mass is 364 g/mol. The lowest BCUT2D eigenvalue weighted by molar-refractivity contribution is 0.0954. The molecular weight excluding hydrogens is 347 g/mol. The number of hydrazone groups is 1. The van der Waals surface area contributed by atoms with E-state index in [2.05, 4.69) is 10.5 Å². The highest BCUT2D eigenvalue weighted by Gasteiger charge is 2.13. The van der Waals surface area contributed by atoms with Crippen molar-refractivity contribution in [3.8, 4) is 5.75 Å². The molecule has 0 bridgehead atoms. The predicted molar refractivity (Wildman–Crippen MR) is 98.4 cm³/mol. The van der Waals surface area contributed by atoms with Gasteiger partial charge in [-0.15, -0.1) is 0 Å².